The SMILES string of the molecule is CO/C=C/C1Cc2ccccc2N(C(=O)OCc2ccccc2)C1. The molecule has 0 fully saturated rings. The molecule has 2 aromatic carbocycles. The first-order valence-corrected chi connectivity index (χ1v) is 8.03. The van der Waals surface area contributed by atoms with Crippen molar-refractivity contribution in [2.75, 3.05) is 18.6 Å². The smallest absolute Gasteiger partial charge is 0.414 e. The van der Waals surface area contributed by atoms with E-state index in [1.165, 1.54) is 0 Å². The Hall–Kier alpha value is -2.75. The number of benzene rings is 2. The fourth-order valence-electron chi connectivity index (χ4n) is 2.92. The Morgan fingerprint density at radius 2 is 1.92 bits per heavy atom. The summed E-state index contributed by atoms with van der Waals surface area (Å²) in [6.45, 7) is 0.863. The number of hydrogen-bond acceptors (Lipinski definition) is 3. The van der Waals surface area contributed by atoms with E-state index in [4.69, 9.17) is 9.47 Å². The zero-order valence-corrected chi connectivity index (χ0v) is 13.7. The molecule has 0 saturated heterocycles. The maximum atomic E-state index is 12.6. The molecule has 1 aliphatic rings. The van der Waals surface area contributed by atoms with Crippen LogP contribution < -0.4 is 4.90 Å². The Morgan fingerprint density at radius 1 is 1.17 bits per heavy atom. The van der Waals surface area contributed by atoms with E-state index in [0.29, 0.717) is 6.54 Å². The van der Waals surface area contributed by atoms with Crippen LogP contribution in [0.1, 0.15) is 11.1 Å². The number of fused-ring (bicyclic) bond motifs is 1. The third-order valence-corrected chi connectivity index (χ3v) is 4.09. The molecule has 4 nitrogen and oxygen atoms in total. The Labute approximate surface area is 142 Å². The number of nitrogens with zero attached hydrogens (tertiary/aromatic N) is 1. The topological polar surface area (TPSA) is 38.8 Å². The second kappa shape index (κ2) is 7.68. The van der Waals surface area contributed by atoms with Crippen LogP contribution in [-0.2, 0) is 22.5 Å². The molecule has 0 spiro atoms. The second-order valence-corrected chi connectivity index (χ2v) is 5.81. The summed E-state index contributed by atoms with van der Waals surface area (Å²) in [7, 11) is 1.62. The molecule has 4 heteroatoms. The fraction of sp³-hybridized carbons (Fsp3) is 0.250. The monoisotopic (exact) mass is 323 g/mol. The first kappa shape index (κ1) is 16.1. The Morgan fingerprint density at radius 3 is 2.71 bits per heavy atom. The van der Waals surface area contributed by atoms with E-state index in [1.807, 2.05) is 54.6 Å². The third-order valence-electron chi connectivity index (χ3n) is 4.09. The molecule has 1 aliphatic heterocycles. The van der Waals surface area contributed by atoms with Crippen LogP contribution in [0.25, 0.3) is 0 Å². The quantitative estimate of drug-likeness (QED) is 0.793. The summed E-state index contributed by atoms with van der Waals surface area (Å²) in [6, 6.07) is 17.7. The molecule has 0 radical (unpaired) electrons. The van der Waals surface area contributed by atoms with Crippen LogP contribution in [0.15, 0.2) is 66.9 Å². The summed E-state index contributed by atoms with van der Waals surface area (Å²) in [4.78, 5) is 14.3. The third kappa shape index (κ3) is 3.77. The van der Waals surface area contributed by atoms with Crippen LogP contribution in [-0.4, -0.2) is 19.7 Å². The average molecular weight is 323 g/mol. The van der Waals surface area contributed by atoms with Gasteiger partial charge in [-0.2, -0.15) is 0 Å². The summed E-state index contributed by atoms with van der Waals surface area (Å²) in [5.41, 5.74) is 3.05. The van der Waals surface area contributed by atoms with Crippen molar-refractivity contribution < 1.29 is 14.3 Å². The van der Waals surface area contributed by atoms with Crippen molar-refractivity contribution in [3.05, 3.63) is 78.1 Å². The van der Waals surface area contributed by atoms with Gasteiger partial charge in [-0.05, 0) is 29.7 Å². The van der Waals surface area contributed by atoms with Crippen molar-refractivity contribution in [2.24, 2.45) is 5.92 Å². The minimum absolute atomic E-state index is 0.212. The molecule has 0 N–H and O–H groups in total. The summed E-state index contributed by atoms with van der Waals surface area (Å²) < 4.78 is 10.5. The molecule has 0 aliphatic carbocycles. The number of anilines is 1. The largest absolute Gasteiger partial charge is 0.505 e. The van der Waals surface area contributed by atoms with Gasteiger partial charge >= 0.3 is 6.09 Å². The van der Waals surface area contributed by atoms with Crippen molar-refractivity contribution >= 4 is 11.8 Å². The highest BCUT2D eigenvalue weighted by Crippen LogP contribution is 2.30. The highest BCUT2D eigenvalue weighted by Gasteiger charge is 2.28. The molecule has 1 atom stereocenters. The molecule has 3 rings (SSSR count). The Bertz CT molecular complexity index is 712. The molecule has 2 aromatic rings. The van der Waals surface area contributed by atoms with Gasteiger partial charge in [0.15, 0.2) is 0 Å². The predicted octanol–water partition coefficient (Wildman–Crippen LogP) is 4.16. The number of carbonyl (C=O) groups excluding carboxylic acids is 1. The van der Waals surface area contributed by atoms with Gasteiger partial charge in [0.05, 0.1) is 19.1 Å². The minimum Gasteiger partial charge on any atom is -0.505 e. The van der Waals surface area contributed by atoms with E-state index in [-0.39, 0.29) is 18.6 Å². The summed E-state index contributed by atoms with van der Waals surface area (Å²) in [5, 5.41) is 0. The molecule has 1 heterocycles. The molecule has 24 heavy (non-hydrogen) atoms. The van der Waals surface area contributed by atoms with Gasteiger partial charge in [0.25, 0.3) is 0 Å². The number of carbonyl (C=O) groups is 1. The van der Waals surface area contributed by atoms with Crippen LogP contribution in [0.3, 0.4) is 0 Å². The van der Waals surface area contributed by atoms with Gasteiger partial charge in [-0.3, -0.25) is 4.90 Å². The van der Waals surface area contributed by atoms with Gasteiger partial charge in [-0.15, -0.1) is 0 Å². The van der Waals surface area contributed by atoms with Crippen LogP contribution in [0.4, 0.5) is 10.5 Å². The maximum absolute atomic E-state index is 12.6. The molecule has 0 bridgehead atoms. The van der Waals surface area contributed by atoms with Gasteiger partial charge in [0.1, 0.15) is 6.61 Å². The fourth-order valence-corrected chi connectivity index (χ4v) is 2.92. The van der Waals surface area contributed by atoms with E-state index in [1.54, 1.807) is 18.3 Å². The highest BCUT2D eigenvalue weighted by molar-refractivity contribution is 5.89. The van der Waals surface area contributed by atoms with E-state index in [0.717, 1.165) is 23.2 Å². The van der Waals surface area contributed by atoms with Gasteiger partial charge < -0.3 is 9.47 Å². The number of para-hydroxylation sites is 1. The average Bonchev–Trinajstić information content (AvgIpc) is 2.64. The molecular formula is C20H21NO3. The summed E-state index contributed by atoms with van der Waals surface area (Å²) in [5.74, 6) is 0.212. The zero-order valence-electron chi connectivity index (χ0n) is 13.7. The number of rotatable bonds is 4. The van der Waals surface area contributed by atoms with E-state index in [2.05, 4.69) is 6.07 Å². The van der Waals surface area contributed by atoms with Crippen molar-refractivity contribution in [3.8, 4) is 0 Å². The molecule has 0 aromatic heterocycles. The minimum atomic E-state index is -0.318. The standard InChI is InChI=1S/C20H21NO3/c1-23-12-11-17-13-18-9-5-6-10-19(18)21(14-17)20(22)24-15-16-7-3-2-4-8-16/h2-12,17H,13-15H2,1H3/b12-11+. The summed E-state index contributed by atoms with van der Waals surface area (Å²) >= 11 is 0. The van der Waals surface area contributed by atoms with Crippen molar-refractivity contribution in [1.29, 1.82) is 0 Å². The van der Waals surface area contributed by atoms with Crippen molar-refractivity contribution in [2.45, 2.75) is 13.0 Å². The van der Waals surface area contributed by atoms with Gasteiger partial charge in [0, 0.05) is 12.5 Å². The number of methoxy groups -OCH3 is 1. The molecule has 124 valence electrons. The number of amides is 1. The molecule has 1 unspecified atom stereocenters. The van der Waals surface area contributed by atoms with Crippen LogP contribution in [0, 0.1) is 5.92 Å². The normalized spacial score (nSPS) is 16.7. The number of ether oxygens (including phenoxy) is 2. The van der Waals surface area contributed by atoms with Gasteiger partial charge in [-0.1, -0.05) is 48.5 Å². The van der Waals surface area contributed by atoms with Crippen LogP contribution in [0.2, 0.25) is 0 Å². The lowest BCUT2D eigenvalue weighted by Gasteiger charge is -2.32. The second-order valence-electron chi connectivity index (χ2n) is 5.81. The van der Waals surface area contributed by atoms with Gasteiger partial charge in [-0.25, -0.2) is 4.79 Å². The zero-order chi connectivity index (χ0) is 16.8. The Balaban J connectivity index is 1.74. The molecule has 1 amide bonds. The maximum Gasteiger partial charge on any atom is 0.414 e. The Kier molecular flexibility index (Phi) is 5.16. The number of hydrogen-bond donors (Lipinski definition) is 0. The lowest BCUT2D eigenvalue weighted by molar-refractivity contribution is 0.146. The predicted molar refractivity (Wildman–Crippen MR) is 93.8 cm³/mol. The first-order valence-electron chi connectivity index (χ1n) is 8.03. The first-order chi connectivity index (χ1) is 11.8. The van der Waals surface area contributed by atoms with Gasteiger partial charge in [0.2, 0.25) is 0 Å². The van der Waals surface area contributed by atoms with Crippen molar-refractivity contribution in [1.82, 2.24) is 0 Å². The molecule has 0 saturated carbocycles. The van der Waals surface area contributed by atoms with E-state index >= 15 is 0 Å². The van der Waals surface area contributed by atoms with Crippen molar-refractivity contribution in [3.63, 3.8) is 0 Å². The molecular weight excluding hydrogens is 302 g/mol. The lowest BCUT2D eigenvalue weighted by atomic mass is 9.93. The van der Waals surface area contributed by atoms with E-state index < -0.39 is 0 Å². The van der Waals surface area contributed by atoms with Crippen LogP contribution in [0.5, 0.6) is 0 Å². The highest BCUT2D eigenvalue weighted by atomic mass is 16.6. The summed E-state index contributed by atoms with van der Waals surface area (Å²) in [6.07, 6.45) is 4.24. The van der Waals surface area contributed by atoms with Crippen LogP contribution >= 0.6 is 0 Å². The van der Waals surface area contributed by atoms with E-state index in [9.17, 15) is 4.79 Å². The lowest BCUT2D eigenvalue weighted by Crippen LogP contribution is -2.39.